The molecule has 18 heavy (non-hydrogen) atoms. The number of amidine groups is 1. The Morgan fingerprint density at radius 2 is 1.94 bits per heavy atom. The normalized spacial score (nSPS) is 11.8. The van der Waals surface area contributed by atoms with Gasteiger partial charge in [-0.2, -0.15) is 13.2 Å². The van der Waals surface area contributed by atoms with Crippen LogP contribution in [0.1, 0.15) is 18.1 Å². The summed E-state index contributed by atoms with van der Waals surface area (Å²) in [6.07, 6.45) is -4.22. The molecule has 6 heteroatoms. The maximum atomic E-state index is 12.3. The molecule has 0 aliphatic carbocycles. The molecule has 0 atom stereocenters. The van der Waals surface area contributed by atoms with E-state index in [1.165, 1.54) is 4.90 Å². The molecule has 1 aromatic carbocycles. The van der Waals surface area contributed by atoms with Gasteiger partial charge in [0.2, 0.25) is 0 Å². The van der Waals surface area contributed by atoms with E-state index in [-0.39, 0.29) is 18.9 Å². The van der Waals surface area contributed by atoms with Crippen molar-refractivity contribution in [1.29, 1.82) is 5.41 Å². The average Bonchev–Trinajstić information content (AvgIpc) is 2.26. The molecule has 100 valence electrons. The highest BCUT2D eigenvalue weighted by Gasteiger charge is 2.30. The Kier molecular flexibility index (Phi) is 4.72. The minimum absolute atomic E-state index is 0.131. The third-order valence-corrected chi connectivity index (χ3v) is 2.55. The lowest BCUT2D eigenvalue weighted by molar-refractivity contribution is -0.146. The van der Waals surface area contributed by atoms with Crippen molar-refractivity contribution >= 4 is 5.84 Å². The number of nitrogens with one attached hydrogen (secondary N) is 1. The van der Waals surface area contributed by atoms with Gasteiger partial charge in [0.25, 0.3) is 0 Å². The Morgan fingerprint density at radius 3 is 2.44 bits per heavy atom. The standard InChI is InChI=1S/C12H16F3N3/c1-2-18(8-12(13,14)15)7-9-5-3-4-6-10(9)11(16)17/h3-6H,2,7-8H2,1H3,(H3,16,17). The van der Waals surface area contributed by atoms with E-state index in [0.717, 1.165) is 0 Å². The minimum Gasteiger partial charge on any atom is -0.384 e. The number of nitrogens with two attached hydrogens (primary N) is 1. The van der Waals surface area contributed by atoms with E-state index in [2.05, 4.69) is 0 Å². The fourth-order valence-corrected chi connectivity index (χ4v) is 1.69. The SMILES string of the molecule is CCN(Cc1ccccc1C(=N)N)CC(F)(F)F. The fourth-order valence-electron chi connectivity index (χ4n) is 1.69. The second-order valence-corrected chi connectivity index (χ2v) is 3.99. The van der Waals surface area contributed by atoms with Gasteiger partial charge in [0.05, 0.1) is 6.54 Å². The molecule has 3 N–H and O–H groups in total. The molecule has 0 aliphatic heterocycles. The molecule has 0 aliphatic rings. The molecule has 0 aromatic heterocycles. The molecule has 0 heterocycles. The highest BCUT2D eigenvalue weighted by Crippen LogP contribution is 2.19. The van der Waals surface area contributed by atoms with Gasteiger partial charge >= 0.3 is 6.18 Å². The van der Waals surface area contributed by atoms with E-state index in [9.17, 15) is 13.2 Å². The molecular weight excluding hydrogens is 243 g/mol. The van der Waals surface area contributed by atoms with E-state index < -0.39 is 12.7 Å². The first-order chi connectivity index (χ1) is 8.33. The first-order valence-corrected chi connectivity index (χ1v) is 5.55. The minimum atomic E-state index is -4.22. The summed E-state index contributed by atoms with van der Waals surface area (Å²) in [5.74, 6) is -0.131. The predicted octanol–water partition coefficient (Wildman–Crippen LogP) is 2.35. The lowest BCUT2D eigenvalue weighted by Crippen LogP contribution is -2.34. The molecule has 0 radical (unpaired) electrons. The van der Waals surface area contributed by atoms with Gasteiger partial charge in [-0.1, -0.05) is 31.2 Å². The van der Waals surface area contributed by atoms with E-state index in [0.29, 0.717) is 11.1 Å². The maximum Gasteiger partial charge on any atom is 0.401 e. The molecule has 0 unspecified atom stereocenters. The van der Waals surface area contributed by atoms with Crippen molar-refractivity contribution in [2.24, 2.45) is 5.73 Å². The van der Waals surface area contributed by atoms with Gasteiger partial charge in [0.15, 0.2) is 0 Å². The van der Waals surface area contributed by atoms with Crippen LogP contribution >= 0.6 is 0 Å². The van der Waals surface area contributed by atoms with Crippen LogP contribution < -0.4 is 5.73 Å². The quantitative estimate of drug-likeness (QED) is 0.630. The van der Waals surface area contributed by atoms with Crippen LogP contribution in [-0.4, -0.2) is 30.0 Å². The van der Waals surface area contributed by atoms with Crippen molar-refractivity contribution < 1.29 is 13.2 Å². The zero-order valence-electron chi connectivity index (χ0n) is 10.1. The largest absolute Gasteiger partial charge is 0.401 e. The molecule has 0 saturated carbocycles. The van der Waals surface area contributed by atoms with Crippen molar-refractivity contribution in [3.8, 4) is 0 Å². The fraction of sp³-hybridized carbons (Fsp3) is 0.417. The molecular formula is C12H16F3N3. The highest BCUT2D eigenvalue weighted by atomic mass is 19.4. The number of nitrogen functional groups attached to an aromatic ring is 1. The van der Waals surface area contributed by atoms with Gasteiger partial charge in [-0.3, -0.25) is 10.3 Å². The van der Waals surface area contributed by atoms with Crippen LogP contribution in [0.15, 0.2) is 24.3 Å². The van der Waals surface area contributed by atoms with Crippen LogP contribution in [-0.2, 0) is 6.54 Å². The molecule has 3 nitrogen and oxygen atoms in total. The topological polar surface area (TPSA) is 53.1 Å². The highest BCUT2D eigenvalue weighted by molar-refractivity contribution is 5.96. The zero-order valence-corrected chi connectivity index (χ0v) is 10.1. The second kappa shape index (κ2) is 5.86. The van der Waals surface area contributed by atoms with Crippen LogP contribution in [0.2, 0.25) is 0 Å². The maximum absolute atomic E-state index is 12.3. The second-order valence-electron chi connectivity index (χ2n) is 3.99. The van der Waals surface area contributed by atoms with Crippen molar-refractivity contribution in [2.45, 2.75) is 19.6 Å². The number of alkyl halides is 3. The number of hydrogen-bond donors (Lipinski definition) is 2. The van der Waals surface area contributed by atoms with E-state index in [4.69, 9.17) is 11.1 Å². The molecule has 0 spiro atoms. The van der Waals surface area contributed by atoms with Crippen molar-refractivity contribution in [1.82, 2.24) is 4.90 Å². The van der Waals surface area contributed by atoms with Crippen molar-refractivity contribution in [2.75, 3.05) is 13.1 Å². The number of benzene rings is 1. The molecule has 1 rings (SSSR count). The molecule has 0 amide bonds. The Bertz CT molecular complexity index is 415. The Balaban J connectivity index is 2.85. The van der Waals surface area contributed by atoms with Crippen LogP contribution in [0.25, 0.3) is 0 Å². The lowest BCUT2D eigenvalue weighted by Gasteiger charge is -2.23. The monoisotopic (exact) mass is 259 g/mol. The average molecular weight is 259 g/mol. The Hall–Kier alpha value is -1.56. The summed E-state index contributed by atoms with van der Waals surface area (Å²) in [7, 11) is 0. The summed E-state index contributed by atoms with van der Waals surface area (Å²) in [6, 6.07) is 6.76. The third kappa shape index (κ3) is 4.37. The van der Waals surface area contributed by atoms with Gasteiger partial charge in [0, 0.05) is 12.1 Å². The number of halogens is 3. The van der Waals surface area contributed by atoms with Crippen LogP contribution in [0.4, 0.5) is 13.2 Å². The van der Waals surface area contributed by atoms with Gasteiger partial charge < -0.3 is 5.73 Å². The van der Waals surface area contributed by atoms with Gasteiger partial charge in [0.1, 0.15) is 5.84 Å². The van der Waals surface area contributed by atoms with Crippen LogP contribution in [0, 0.1) is 5.41 Å². The Labute approximate surface area is 104 Å². The smallest absolute Gasteiger partial charge is 0.384 e. The third-order valence-electron chi connectivity index (χ3n) is 2.55. The van der Waals surface area contributed by atoms with Crippen molar-refractivity contribution in [3.63, 3.8) is 0 Å². The summed E-state index contributed by atoms with van der Waals surface area (Å²) in [5, 5.41) is 7.39. The predicted molar refractivity (Wildman–Crippen MR) is 64.5 cm³/mol. The summed E-state index contributed by atoms with van der Waals surface area (Å²) < 4.78 is 37.0. The summed E-state index contributed by atoms with van der Waals surface area (Å²) in [4.78, 5) is 1.27. The number of nitrogens with zero attached hydrogens (tertiary/aromatic N) is 1. The van der Waals surface area contributed by atoms with E-state index >= 15 is 0 Å². The molecule has 0 fully saturated rings. The zero-order chi connectivity index (χ0) is 13.8. The molecule has 0 saturated heterocycles. The Morgan fingerprint density at radius 1 is 1.33 bits per heavy atom. The number of rotatable bonds is 5. The van der Waals surface area contributed by atoms with Gasteiger partial charge in [-0.05, 0) is 12.1 Å². The molecule has 1 aromatic rings. The summed E-state index contributed by atoms with van der Waals surface area (Å²) in [5.41, 5.74) is 6.52. The number of hydrogen-bond acceptors (Lipinski definition) is 2. The van der Waals surface area contributed by atoms with Gasteiger partial charge in [-0.15, -0.1) is 0 Å². The van der Waals surface area contributed by atoms with Crippen molar-refractivity contribution in [3.05, 3.63) is 35.4 Å². The van der Waals surface area contributed by atoms with Crippen LogP contribution in [0.3, 0.4) is 0 Å². The first kappa shape index (κ1) is 14.5. The summed E-state index contributed by atoms with van der Waals surface area (Å²) in [6.45, 7) is 1.12. The van der Waals surface area contributed by atoms with E-state index in [1.54, 1.807) is 31.2 Å². The van der Waals surface area contributed by atoms with E-state index in [1.807, 2.05) is 0 Å². The lowest BCUT2D eigenvalue weighted by atomic mass is 10.1. The van der Waals surface area contributed by atoms with Crippen LogP contribution in [0.5, 0.6) is 0 Å². The van der Waals surface area contributed by atoms with Gasteiger partial charge in [-0.25, -0.2) is 0 Å². The first-order valence-electron chi connectivity index (χ1n) is 5.55. The molecule has 0 bridgehead atoms. The summed E-state index contributed by atoms with van der Waals surface area (Å²) >= 11 is 0.